The zero-order valence-electron chi connectivity index (χ0n) is 13.2. The lowest BCUT2D eigenvalue weighted by Crippen LogP contribution is -2.63. The molecule has 0 radical (unpaired) electrons. The maximum atomic E-state index is 12.4. The van der Waals surface area contributed by atoms with Crippen molar-refractivity contribution in [1.82, 2.24) is 15.1 Å². The molecule has 1 amide bonds. The minimum absolute atomic E-state index is 0.0999. The van der Waals surface area contributed by atoms with E-state index < -0.39 is 0 Å². The number of nitrogens with one attached hydrogen (secondary N) is 1. The lowest BCUT2D eigenvalue weighted by atomic mass is 10.1. The molecule has 3 heterocycles. The van der Waals surface area contributed by atoms with Gasteiger partial charge in [-0.2, -0.15) is 0 Å². The summed E-state index contributed by atoms with van der Waals surface area (Å²) in [6.45, 7) is 6.22. The molecular weight excluding hydrogens is 282 g/mol. The van der Waals surface area contributed by atoms with Gasteiger partial charge >= 0.3 is 0 Å². The Kier molecular flexibility index (Phi) is 4.49. The standard InChI is InChI=1S/C16H23N3O3/c1-21-13-3-4-14(15(9-13)22-2)16(20)17-10-12-11-18-5-7-19(12)8-6-18/h3-4,9,12H,5-8,10-11H2,1-2H3,(H,17,20). The molecule has 1 aromatic rings. The average molecular weight is 305 g/mol. The SMILES string of the molecule is COc1ccc(C(=O)NCC2CN3CCN2CC3)c(OC)c1. The average Bonchev–Trinajstić information content (AvgIpc) is 2.60. The Bertz CT molecular complexity index is 541. The molecule has 3 fully saturated rings. The fraction of sp³-hybridized carbons (Fsp3) is 0.562. The number of hydrogen-bond donors (Lipinski definition) is 1. The van der Waals surface area contributed by atoms with Crippen molar-refractivity contribution in [2.45, 2.75) is 6.04 Å². The van der Waals surface area contributed by atoms with Gasteiger partial charge in [0.1, 0.15) is 11.5 Å². The Labute approximate surface area is 131 Å². The molecule has 1 atom stereocenters. The number of amides is 1. The van der Waals surface area contributed by atoms with Gasteiger partial charge in [0.15, 0.2) is 0 Å². The van der Waals surface area contributed by atoms with Gasteiger partial charge in [-0.25, -0.2) is 0 Å². The molecule has 0 aliphatic carbocycles. The lowest BCUT2D eigenvalue weighted by Gasteiger charge is -2.47. The third-order valence-corrected chi connectivity index (χ3v) is 4.54. The molecule has 3 aliphatic heterocycles. The minimum atomic E-state index is -0.0999. The Morgan fingerprint density at radius 1 is 1.23 bits per heavy atom. The van der Waals surface area contributed by atoms with Gasteiger partial charge in [-0.3, -0.25) is 14.6 Å². The van der Waals surface area contributed by atoms with Crippen LogP contribution in [0.4, 0.5) is 0 Å². The van der Waals surface area contributed by atoms with E-state index in [2.05, 4.69) is 15.1 Å². The maximum Gasteiger partial charge on any atom is 0.255 e. The van der Waals surface area contributed by atoms with Crippen LogP contribution >= 0.6 is 0 Å². The molecular formula is C16H23N3O3. The van der Waals surface area contributed by atoms with Crippen molar-refractivity contribution in [2.24, 2.45) is 0 Å². The van der Waals surface area contributed by atoms with Crippen LogP contribution in [0.3, 0.4) is 0 Å². The van der Waals surface area contributed by atoms with E-state index in [-0.39, 0.29) is 5.91 Å². The number of piperazine rings is 3. The van der Waals surface area contributed by atoms with Gasteiger partial charge in [-0.15, -0.1) is 0 Å². The molecule has 120 valence electrons. The fourth-order valence-electron chi connectivity index (χ4n) is 3.21. The predicted octanol–water partition coefficient (Wildman–Crippen LogP) is 0.433. The van der Waals surface area contributed by atoms with Crippen molar-refractivity contribution >= 4 is 5.91 Å². The second-order valence-electron chi connectivity index (χ2n) is 5.77. The second kappa shape index (κ2) is 6.54. The number of fused-ring (bicyclic) bond motifs is 3. The molecule has 6 heteroatoms. The van der Waals surface area contributed by atoms with E-state index in [1.54, 1.807) is 32.4 Å². The number of ether oxygens (including phenoxy) is 2. The highest BCUT2D eigenvalue weighted by Gasteiger charge is 2.31. The summed E-state index contributed by atoms with van der Waals surface area (Å²) in [4.78, 5) is 17.3. The minimum Gasteiger partial charge on any atom is -0.497 e. The number of rotatable bonds is 5. The molecule has 0 spiro atoms. The first-order valence-corrected chi connectivity index (χ1v) is 7.68. The van der Waals surface area contributed by atoms with E-state index in [4.69, 9.17) is 9.47 Å². The zero-order valence-corrected chi connectivity index (χ0v) is 13.2. The third kappa shape index (κ3) is 3.03. The summed E-state index contributed by atoms with van der Waals surface area (Å²) in [6, 6.07) is 5.65. The first-order chi connectivity index (χ1) is 10.7. The van der Waals surface area contributed by atoms with Crippen LogP contribution < -0.4 is 14.8 Å². The Morgan fingerprint density at radius 2 is 2.00 bits per heavy atom. The van der Waals surface area contributed by atoms with Crippen LogP contribution in [0, 0.1) is 0 Å². The highest BCUT2D eigenvalue weighted by molar-refractivity contribution is 5.97. The molecule has 1 unspecified atom stereocenters. The second-order valence-corrected chi connectivity index (χ2v) is 5.77. The molecule has 1 N–H and O–H groups in total. The summed E-state index contributed by atoms with van der Waals surface area (Å²) in [5.41, 5.74) is 0.541. The van der Waals surface area contributed by atoms with E-state index in [1.165, 1.54) is 0 Å². The van der Waals surface area contributed by atoms with E-state index >= 15 is 0 Å². The van der Waals surface area contributed by atoms with Crippen molar-refractivity contribution in [3.8, 4) is 11.5 Å². The van der Waals surface area contributed by atoms with Crippen LogP contribution in [0.15, 0.2) is 18.2 Å². The van der Waals surface area contributed by atoms with Gasteiger partial charge in [0.25, 0.3) is 5.91 Å². The van der Waals surface area contributed by atoms with E-state index in [0.29, 0.717) is 29.6 Å². The van der Waals surface area contributed by atoms with Gasteiger partial charge in [-0.05, 0) is 12.1 Å². The summed E-state index contributed by atoms with van der Waals surface area (Å²) < 4.78 is 10.4. The van der Waals surface area contributed by atoms with Crippen LogP contribution in [-0.2, 0) is 0 Å². The number of nitrogens with zero attached hydrogens (tertiary/aromatic N) is 2. The van der Waals surface area contributed by atoms with Crippen molar-refractivity contribution in [3.63, 3.8) is 0 Å². The van der Waals surface area contributed by atoms with Crippen LogP contribution in [-0.4, -0.2) is 75.2 Å². The van der Waals surface area contributed by atoms with Gasteiger partial charge in [0.2, 0.25) is 0 Å². The smallest absolute Gasteiger partial charge is 0.255 e. The van der Waals surface area contributed by atoms with Crippen molar-refractivity contribution in [2.75, 3.05) is 53.5 Å². The third-order valence-electron chi connectivity index (χ3n) is 4.54. The van der Waals surface area contributed by atoms with Gasteiger partial charge in [0, 0.05) is 51.4 Å². The van der Waals surface area contributed by atoms with E-state index in [0.717, 1.165) is 32.7 Å². The summed E-state index contributed by atoms with van der Waals surface area (Å²) in [7, 11) is 3.15. The Hall–Kier alpha value is -1.79. The summed E-state index contributed by atoms with van der Waals surface area (Å²) in [5, 5.41) is 3.04. The summed E-state index contributed by atoms with van der Waals surface area (Å²) in [6.07, 6.45) is 0. The fourth-order valence-corrected chi connectivity index (χ4v) is 3.21. The van der Waals surface area contributed by atoms with E-state index in [1.807, 2.05) is 0 Å². The molecule has 3 aliphatic rings. The molecule has 3 saturated heterocycles. The lowest BCUT2D eigenvalue weighted by molar-refractivity contribution is 0.0138. The van der Waals surface area contributed by atoms with Crippen molar-refractivity contribution in [1.29, 1.82) is 0 Å². The van der Waals surface area contributed by atoms with Crippen molar-refractivity contribution in [3.05, 3.63) is 23.8 Å². The van der Waals surface area contributed by atoms with Crippen LogP contribution in [0.1, 0.15) is 10.4 Å². The molecule has 6 nitrogen and oxygen atoms in total. The van der Waals surface area contributed by atoms with Crippen molar-refractivity contribution < 1.29 is 14.3 Å². The quantitative estimate of drug-likeness (QED) is 0.855. The van der Waals surface area contributed by atoms with Gasteiger partial charge in [-0.1, -0.05) is 0 Å². The van der Waals surface area contributed by atoms with Crippen LogP contribution in [0.2, 0.25) is 0 Å². The molecule has 4 rings (SSSR count). The number of methoxy groups -OCH3 is 2. The number of hydrogen-bond acceptors (Lipinski definition) is 5. The van der Waals surface area contributed by atoms with Gasteiger partial charge < -0.3 is 14.8 Å². The Balaban J connectivity index is 1.62. The number of carbonyl (C=O) groups is 1. The largest absolute Gasteiger partial charge is 0.497 e. The van der Waals surface area contributed by atoms with Crippen LogP contribution in [0.25, 0.3) is 0 Å². The topological polar surface area (TPSA) is 54.0 Å². The zero-order chi connectivity index (χ0) is 15.5. The highest BCUT2D eigenvalue weighted by Crippen LogP contribution is 2.24. The monoisotopic (exact) mass is 305 g/mol. The Morgan fingerprint density at radius 3 is 2.59 bits per heavy atom. The molecule has 1 aromatic carbocycles. The molecule has 0 saturated carbocycles. The molecule has 0 aromatic heterocycles. The summed E-state index contributed by atoms with van der Waals surface area (Å²) in [5.74, 6) is 1.11. The normalized spacial score (nSPS) is 26.5. The van der Waals surface area contributed by atoms with E-state index in [9.17, 15) is 4.79 Å². The number of benzene rings is 1. The maximum absolute atomic E-state index is 12.4. The first-order valence-electron chi connectivity index (χ1n) is 7.68. The summed E-state index contributed by atoms with van der Waals surface area (Å²) >= 11 is 0. The molecule has 22 heavy (non-hydrogen) atoms. The van der Waals surface area contributed by atoms with Crippen LogP contribution in [0.5, 0.6) is 11.5 Å². The predicted molar refractivity (Wildman–Crippen MR) is 83.7 cm³/mol. The number of carbonyl (C=O) groups excluding carboxylic acids is 1. The molecule has 2 bridgehead atoms. The first kappa shape index (κ1) is 15.1. The highest BCUT2D eigenvalue weighted by atomic mass is 16.5. The van der Waals surface area contributed by atoms with Gasteiger partial charge in [0.05, 0.1) is 19.8 Å².